The summed E-state index contributed by atoms with van der Waals surface area (Å²) in [6.07, 6.45) is 3.68. The molecule has 0 saturated carbocycles. The van der Waals surface area contributed by atoms with E-state index in [9.17, 15) is 0 Å². The second kappa shape index (κ2) is 7.32. The number of hydrogen-bond donors (Lipinski definition) is 1. The third-order valence-electron chi connectivity index (χ3n) is 4.63. The van der Waals surface area contributed by atoms with Gasteiger partial charge in [-0.2, -0.15) is 4.98 Å². The Hall–Kier alpha value is -4.20. The highest BCUT2D eigenvalue weighted by Crippen LogP contribution is 2.31. The molecular weight excluding hydrogens is 382 g/mol. The molecule has 1 N–H and O–H groups in total. The normalized spacial score (nSPS) is 11.0. The van der Waals surface area contributed by atoms with Crippen molar-refractivity contribution in [3.8, 4) is 23.2 Å². The molecule has 5 rings (SSSR count). The molecule has 0 fully saturated rings. The van der Waals surface area contributed by atoms with Gasteiger partial charge in [-0.15, -0.1) is 0 Å². The van der Waals surface area contributed by atoms with E-state index in [0.29, 0.717) is 22.7 Å². The number of benzene rings is 2. The van der Waals surface area contributed by atoms with Crippen molar-refractivity contribution in [2.24, 2.45) is 0 Å². The van der Waals surface area contributed by atoms with Gasteiger partial charge in [0.2, 0.25) is 0 Å². The van der Waals surface area contributed by atoms with Crippen LogP contribution in [-0.2, 0) is 0 Å². The molecule has 8 heteroatoms. The Labute approximate surface area is 171 Å². The van der Waals surface area contributed by atoms with Crippen molar-refractivity contribution in [1.29, 1.82) is 0 Å². The van der Waals surface area contributed by atoms with Gasteiger partial charge in [0.15, 0.2) is 11.4 Å². The molecular formula is C22H17N5O3. The van der Waals surface area contributed by atoms with Gasteiger partial charge in [0.25, 0.3) is 0 Å². The zero-order chi connectivity index (χ0) is 20.5. The summed E-state index contributed by atoms with van der Waals surface area (Å²) < 4.78 is 16.0. The molecule has 30 heavy (non-hydrogen) atoms. The van der Waals surface area contributed by atoms with E-state index in [1.807, 2.05) is 48.5 Å². The fraction of sp³-hybridized carbons (Fsp3) is 0.0909. The maximum absolute atomic E-state index is 5.58. The van der Waals surface area contributed by atoms with E-state index in [1.165, 1.54) is 7.11 Å². The van der Waals surface area contributed by atoms with Gasteiger partial charge in [-0.25, -0.2) is 9.97 Å². The molecule has 148 valence electrons. The van der Waals surface area contributed by atoms with E-state index >= 15 is 0 Å². The molecule has 0 aliphatic rings. The van der Waals surface area contributed by atoms with Crippen molar-refractivity contribution in [3.05, 3.63) is 60.9 Å². The molecule has 0 spiro atoms. The Balaban J connectivity index is 1.64. The largest absolute Gasteiger partial charge is 0.497 e. The van der Waals surface area contributed by atoms with E-state index in [2.05, 4.69) is 15.3 Å². The zero-order valence-electron chi connectivity index (χ0n) is 16.3. The summed E-state index contributed by atoms with van der Waals surface area (Å²) in [7, 11) is 3.15. The Bertz CT molecular complexity index is 1350. The van der Waals surface area contributed by atoms with Crippen LogP contribution in [0.2, 0.25) is 0 Å². The van der Waals surface area contributed by atoms with Gasteiger partial charge in [0.1, 0.15) is 17.1 Å². The monoisotopic (exact) mass is 399 g/mol. The van der Waals surface area contributed by atoms with Gasteiger partial charge in [0.05, 0.1) is 19.7 Å². The lowest BCUT2D eigenvalue weighted by molar-refractivity contribution is 0.299. The number of oxazole rings is 1. The van der Waals surface area contributed by atoms with Gasteiger partial charge >= 0.3 is 6.08 Å². The standard InChI is InChI=1S/C22H17N5O3/c1-28-15-6-8-17-16(11-15)21(27-20(25-17)13-4-3-9-23-12-13)24-14-5-7-18-19(10-14)30-22(26-18)29-2/h3-12H,1-2H3,(H,24,25,27). The van der Waals surface area contributed by atoms with Gasteiger partial charge in [0, 0.05) is 35.1 Å². The summed E-state index contributed by atoms with van der Waals surface area (Å²) in [5, 5.41) is 4.20. The number of hydrogen-bond acceptors (Lipinski definition) is 8. The molecule has 0 aliphatic carbocycles. The first-order valence-corrected chi connectivity index (χ1v) is 9.21. The maximum atomic E-state index is 5.58. The Morgan fingerprint density at radius 3 is 2.60 bits per heavy atom. The quantitative estimate of drug-likeness (QED) is 0.458. The number of pyridine rings is 1. The summed E-state index contributed by atoms with van der Waals surface area (Å²) >= 11 is 0. The first-order chi connectivity index (χ1) is 14.7. The Morgan fingerprint density at radius 2 is 1.80 bits per heavy atom. The topological polar surface area (TPSA) is 95.2 Å². The molecule has 0 atom stereocenters. The maximum Gasteiger partial charge on any atom is 0.394 e. The van der Waals surface area contributed by atoms with Crippen LogP contribution in [0.5, 0.6) is 11.8 Å². The molecule has 2 aromatic carbocycles. The zero-order valence-corrected chi connectivity index (χ0v) is 16.3. The molecule has 8 nitrogen and oxygen atoms in total. The minimum Gasteiger partial charge on any atom is -0.497 e. The van der Waals surface area contributed by atoms with Crippen molar-refractivity contribution in [2.75, 3.05) is 19.5 Å². The first-order valence-electron chi connectivity index (χ1n) is 9.21. The molecule has 3 heterocycles. The number of methoxy groups -OCH3 is 2. The number of fused-ring (bicyclic) bond motifs is 2. The summed E-state index contributed by atoms with van der Waals surface area (Å²) in [5.74, 6) is 1.94. The van der Waals surface area contributed by atoms with Crippen molar-refractivity contribution in [2.45, 2.75) is 0 Å². The molecule has 0 radical (unpaired) electrons. The van der Waals surface area contributed by atoms with E-state index in [1.54, 1.807) is 19.5 Å². The predicted octanol–water partition coefficient (Wildman–Crippen LogP) is 4.59. The highest BCUT2D eigenvalue weighted by molar-refractivity contribution is 5.94. The fourth-order valence-corrected chi connectivity index (χ4v) is 3.16. The summed E-state index contributed by atoms with van der Waals surface area (Å²) in [6.45, 7) is 0. The second-order valence-corrected chi connectivity index (χ2v) is 6.51. The van der Waals surface area contributed by atoms with Gasteiger partial charge in [-0.3, -0.25) is 4.98 Å². The SMILES string of the molecule is COc1ccc2nc(-c3cccnc3)nc(Nc3ccc4nc(OC)oc4c3)c2c1. The molecule has 0 bridgehead atoms. The third kappa shape index (κ3) is 3.24. The molecule has 5 aromatic rings. The smallest absolute Gasteiger partial charge is 0.394 e. The summed E-state index contributed by atoms with van der Waals surface area (Å²) in [6, 6.07) is 15.1. The number of nitrogens with zero attached hydrogens (tertiary/aromatic N) is 4. The van der Waals surface area contributed by atoms with E-state index in [0.717, 1.165) is 27.9 Å². The number of rotatable bonds is 5. The first kappa shape index (κ1) is 17.9. The average molecular weight is 399 g/mol. The van der Waals surface area contributed by atoms with E-state index < -0.39 is 0 Å². The van der Waals surface area contributed by atoms with Crippen LogP contribution in [0.3, 0.4) is 0 Å². The highest BCUT2D eigenvalue weighted by atomic mass is 16.6. The van der Waals surface area contributed by atoms with E-state index in [-0.39, 0.29) is 6.08 Å². The van der Waals surface area contributed by atoms with Gasteiger partial charge in [-0.1, -0.05) is 0 Å². The van der Waals surface area contributed by atoms with Crippen molar-refractivity contribution in [1.82, 2.24) is 19.9 Å². The van der Waals surface area contributed by atoms with E-state index in [4.69, 9.17) is 23.9 Å². The Kier molecular flexibility index (Phi) is 4.36. The molecule has 0 saturated heterocycles. The average Bonchev–Trinajstić information content (AvgIpc) is 3.22. The van der Waals surface area contributed by atoms with Crippen LogP contribution >= 0.6 is 0 Å². The van der Waals surface area contributed by atoms with Gasteiger partial charge in [-0.05, 0) is 42.5 Å². The van der Waals surface area contributed by atoms with Crippen LogP contribution < -0.4 is 14.8 Å². The van der Waals surface area contributed by atoms with Gasteiger partial charge < -0.3 is 19.2 Å². The Morgan fingerprint density at radius 1 is 0.900 bits per heavy atom. The van der Waals surface area contributed by atoms with Crippen LogP contribution in [0.4, 0.5) is 11.5 Å². The molecule has 0 amide bonds. The number of ether oxygens (including phenoxy) is 2. The fourth-order valence-electron chi connectivity index (χ4n) is 3.16. The lowest BCUT2D eigenvalue weighted by Crippen LogP contribution is -2.00. The van der Waals surface area contributed by atoms with Crippen molar-refractivity contribution >= 4 is 33.5 Å². The van der Waals surface area contributed by atoms with Crippen LogP contribution in [0.25, 0.3) is 33.4 Å². The van der Waals surface area contributed by atoms with Crippen molar-refractivity contribution in [3.63, 3.8) is 0 Å². The molecule has 0 unspecified atom stereocenters. The van der Waals surface area contributed by atoms with Crippen LogP contribution in [0, 0.1) is 0 Å². The summed E-state index contributed by atoms with van der Waals surface area (Å²) in [5.41, 5.74) is 3.73. The number of aromatic nitrogens is 4. The lowest BCUT2D eigenvalue weighted by atomic mass is 10.2. The molecule has 0 aliphatic heterocycles. The lowest BCUT2D eigenvalue weighted by Gasteiger charge is -2.12. The minimum absolute atomic E-state index is 0.221. The third-order valence-corrected chi connectivity index (χ3v) is 4.63. The van der Waals surface area contributed by atoms with Crippen molar-refractivity contribution < 1.29 is 13.9 Å². The predicted molar refractivity (Wildman–Crippen MR) is 113 cm³/mol. The number of anilines is 2. The van der Waals surface area contributed by atoms with Crippen LogP contribution in [-0.4, -0.2) is 34.2 Å². The molecule has 3 aromatic heterocycles. The van der Waals surface area contributed by atoms with Crippen LogP contribution in [0.1, 0.15) is 0 Å². The minimum atomic E-state index is 0.221. The highest BCUT2D eigenvalue weighted by Gasteiger charge is 2.13. The second-order valence-electron chi connectivity index (χ2n) is 6.51. The van der Waals surface area contributed by atoms with Crippen LogP contribution in [0.15, 0.2) is 65.3 Å². The number of nitrogens with one attached hydrogen (secondary N) is 1. The summed E-state index contributed by atoms with van der Waals surface area (Å²) in [4.78, 5) is 17.9.